The van der Waals surface area contributed by atoms with Crippen LogP contribution in [-0.4, -0.2) is 60.1 Å². The van der Waals surface area contributed by atoms with Crippen molar-refractivity contribution in [2.24, 2.45) is 0 Å². The normalized spacial score (nSPS) is 25.0. The zero-order chi connectivity index (χ0) is 25.9. The fraction of sp³-hybridized carbons (Fsp3) is 0.379. The van der Waals surface area contributed by atoms with Crippen LogP contribution in [0.25, 0.3) is 0 Å². The molecule has 3 aromatic rings. The van der Waals surface area contributed by atoms with Gasteiger partial charge in [-0.15, -0.1) is 0 Å². The van der Waals surface area contributed by atoms with Gasteiger partial charge < -0.3 is 24.5 Å². The van der Waals surface area contributed by atoms with E-state index in [1.165, 1.54) is 11.8 Å². The van der Waals surface area contributed by atoms with E-state index in [1.807, 2.05) is 67.6 Å². The fourth-order valence-electron chi connectivity index (χ4n) is 4.87. The molecule has 192 valence electrons. The lowest BCUT2D eigenvalue weighted by Gasteiger charge is -2.45. The summed E-state index contributed by atoms with van der Waals surface area (Å²) in [7, 11) is -2.85. The molecule has 1 saturated heterocycles. The molecule has 5 nitrogen and oxygen atoms in total. The Bertz CT molecular complexity index is 1060. The summed E-state index contributed by atoms with van der Waals surface area (Å²) in [6.45, 7) is 8.66. The highest BCUT2D eigenvalue weighted by Crippen LogP contribution is 2.38. The van der Waals surface area contributed by atoms with Crippen molar-refractivity contribution in [2.75, 3.05) is 6.61 Å². The van der Waals surface area contributed by atoms with Crippen LogP contribution in [0.3, 0.4) is 0 Å². The van der Waals surface area contributed by atoms with Crippen molar-refractivity contribution in [3.05, 3.63) is 90.5 Å². The van der Waals surface area contributed by atoms with Crippen LogP contribution in [0, 0.1) is 6.92 Å². The van der Waals surface area contributed by atoms with E-state index in [9.17, 15) is 15.3 Å². The molecule has 0 aromatic heterocycles. The molecule has 3 N–H and O–H groups in total. The number of benzene rings is 3. The molecule has 0 amide bonds. The quantitative estimate of drug-likeness (QED) is 0.411. The van der Waals surface area contributed by atoms with Crippen molar-refractivity contribution >= 4 is 30.5 Å². The van der Waals surface area contributed by atoms with Crippen LogP contribution >= 0.6 is 11.8 Å². The SMILES string of the molecule is Cc1ccc(S[C@@H]2O[C@H](CO[Si](c3ccccc3)(c3ccccc3)C(C)(C)C)[C@H](O)[C@H](O)[C@@H]2O)cc1. The molecule has 0 spiro atoms. The summed E-state index contributed by atoms with van der Waals surface area (Å²) in [4.78, 5) is 0.917. The molecule has 0 saturated carbocycles. The van der Waals surface area contributed by atoms with Crippen LogP contribution in [0.5, 0.6) is 0 Å². The van der Waals surface area contributed by atoms with Gasteiger partial charge in [-0.2, -0.15) is 0 Å². The minimum atomic E-state index is -2.85. The molecular formula is C29H36O5SSi. The molecular weight excluding hydrogens is 488 g/mol. The van der Waals surface area contributed by atoms with E-state index in [2.05, 4.69) is 45.0 Å². The van der Waals surface area contributed by atoms with E-state index in [0.29, 0.717) is 0 Å². The average molecular weight is 525 g/mol. The fourth-order valence-corrected chi connectivity index (χ4v) is 10.5. The number of ether oxygens (including phenoxy) is 1. The zero-order valence-electron chi connectivity index (χ0n) is 21.2. The Hall–Kier alpha value is -1.97. The van der Waals surface area contributed by atoms with Gasteiger partial charge in [-0.05, 0) is 34.5 Å². The maximum absolute atomic E-state index is 10.9. The molecule has 36 heavy (non-hydrogen) atoms. The van der Waals surface area contributed by atoms with Crippen LogP contribution in [0.2, 0.25) is 5.04 Å². The van der Waals surface area contributed by atoms with Gasteiger partial charge in [0.25, 0.3) is 8.32 Å². The number of aryl methyl sites for hydroxylation is 1. The maximum atomic E-state index is 10.9. The van der Waals surface area contributed by atoms with Crippen molar-refractivity contribution in [1.29, 1.82) is 0 Å². The van der Waals surface area contributed by atoms with E-state index in [4.69, 9.17) is 9.16 Å². The molecule has 3 aromatic carbocycles. The van der Waals surface area contributed by atoms with Crippen molar-refractivity contribution in [2.45, 2.75) is 67.5 Å². The van der Waals surface area contributed by atoms with E-state index < -0.39 is 38.2 Å². The summed E-state index contributed by atoms with van der Waals surface area (Å²) < 4.78 is 13.1. The highest BCUT2D eigenvalue weighted by atomic mass is 32.2. The lowest BCUT2D eigenvalue weighted by molar-refractivity contribution is -0.204. The Morgan fingerprint density at radius 2 is 1.31 bits per heavy atom. The van der Waals surface area contributed by atoms with Gasteiger partial charge in [0, 0.05) is 4.90 Å². The zero-order valence-corrected chi connectivity index (χ0v) is 23.1. The number of hydrogen-bond acceptors (Lipinski definition) is 6. The Labute approximate surface area is 219 Å². The minimum Gasteiger partial charge on any atom is -0.405 e. The monoisotopic (exact) mass is 524 g/mol. The van der Waals surface area contributed by atoms with E-state index in [-0.39, 0.29) is 11.6 Å². The van der Waals surface area contributed by atoms with Gasteiger partial charge in [-0.25, -0.2) is 0 Å². The minimum absolute atomic E-state index is 0.0865. The first-order valence-corrected chi connectivity index (χ1v) is 15.1. The third-order valence-corrected chi connectivity index (χ3v) is 13.0. The van der Waals surface area contributed by atoms with Crippen LogP contribution in [0.15, 0.2) is 89.8 Å². The molecule has 4 rings (SSSR count). The molecule has 0 radical (unpaired) electrons. The van der Waals surface area contributed by atoms with Gasteiger partial charge >= 0.3 is 0 Å². The Morgan fingerprint density at radius 3 is 1.81 bits per heavy atom. The largest absolute Gasteiger partial charge is 0.405 e. The molecule has 0 bridgehead atoms. The Kier molecular flexibility index (Phi) is 8.41. The number of aliphatic hydroxyl groups is 3. The van der Waals surface area contributed by atoms with Crippen LogP contribution in [-0.2, 0) is 9.16 Å². The lowest BCUT2D eigenvalue weighted by Crippen LogP contribution is -2.68. The Morgan fingerprint density at radius 1 is 0.778 bits per heavy atom. The molecule has 1 aliphatic rings. The van der Waals surface area contributed by atoms with Crippen LogP contribution in [0.1, 0.15) is 26.3 Å². The van der Waals surface area contributed by atoms with Crippen molar-refractivity contribution in [3.63, 3.8) is 0 Å². The summed E-state index contributed by atoms with van der Waals surface area (Å²) in [5.41, 5.74) is 0.398. The molecule has 5 atom stereocenters. The predicted molar refractivity (Wildman–Crippen MR) is 147 cm³/mol. The van der Waals surface area contributed by atoms with Gasteiger partial charge in [0.05, 0.1) is 6.61 Å². The average Bonchev–Trinajstić information content (AvgIpc) is 2.87. The first-order chi connectivity index (χ1) is 17.1. The summed E-state index contributed by atoms with van der Waals surface area (Å²) in [5.74, 6) is 0. The topological polar surface area (TPSA) is 79.2 Å². The summed E-state index contributed by atoms with van der Waals surface area (Å²) in [5, 5.41) is 34.2. The second-order valence-electron chi connectivity index (χ2n) is 10.4. The molecule has 0 aliphatic carbocycles. The third kappa shape index (κ3) is 5.48. The van der Waals surface area contributed by atoms with Gasteiger partial charge in [0.2, 0.25) is 0 Å². The molecule has 1 heterocycles. The van der Waals surface area contributed by atoms with E-state index >= 15 is 0 Å². The Balaban J connectivity index is 1.64. The third-order valence-electron chi connectivity index (χ3n) is 6.82. The van der Waals surface area contributed by atoms with Gasteiger partial charge in [-0.1, -0.05) is 111 Å². The molecule has 7 heteroatoms. The highest BCUT2D eigenvalue weighted by molar-refractivity contribution is 7.99. The molecule has 1 aliphatic heterocycles. The van der Waals surface area contributed by atoms with Crippen LogP contribution in [0.4, 0.5) is 0 Å². The highest BCUT2D eigenvalue weighted by Gasteiger charge is 2.52. The van der Waals surface area contributed by atoms with Crippen LogP contribution < -0.4 is 10.4 Å². The lowest BCUT2D eigenvalue weighted by atomic mass is 10.0. The van der Waals surface area contributed by atoms with Crippen molar-refractivity contribution in [1.82, 2.24) is 0 Å². The second-order valence-corrected chi connectivity index (χ2v) is 15.9. The molecule has 1 fully saturated rings. The van der Waals surface area contributed by atoms with Gasteiger partial charge in [-0.3, -0.25) is 0 Å². The maximum Gasteiger partial charge on any atom is 0.261 e. The van der Waals surface area contributed by atoms with Gasteiger partial charge in [0.1, 0.15) is 29.9 Å². The number of hydrogen-bond donors (Lipinski definition) is 3. The molecule has 0 unspecified atom stereocenters. The first kappa shape index (κ1) is 27.1. The smallest absolute Gasteiger partial charge is 0.261 e. The summed E-state index contributed by atoms with van der Waals surface area (Å²) >= 11 is 1.33. The standard InChI is InChI=1S/C29H36O5SSi/c1-20-15-17-21(18-16-20)35-28-27(32)26(31)25(30)24(34-28)19-33-36(29(2,3)4,22-11-7-5-8-12-22)23-13-9-6-10-14-23/h5-18,24-28,30-32H,19H2,1-4H3/t24-,25+,26+,27+,28+/m1/s1. The number of aliphatic hydroxyl groups excluding tert-OH is 3. The van der Waals surface area contributed by atoms with E-state index in [0.717, 1.165) is 20.8 Å². The van der Waals surface area contributed by atoms with Crippen molar-refractivity contribution < 1.29 is 24.5 Å². The second kappa shape index (κ2) is 11.2. The predicted octanol–water partition coefficient (Wildman–Crippen LogP) is 3.47. The number of rotatable bonds is 7. The summed E-state index contributed by atoms with van der Waals surface area (Å²) in [6, 6.07) is 28.4. The number of thioether (sulfide) groups is 1. The van der Waals surface area contributed by atoms with Crippen molar-refractivity contribution in [3.8, 4) is 0 Å². The first-order valence-electron chi connectivity index (χ1n) is 12.3. The summed E-state index contributed by atoms with van der Waals surface area (Å²) in [6.07, 6.45) is -4.63. The van der Waals surface area contributed by atoms with Gasteiger partial charge in [0.15, 0.2) is 0 Å². The van der Waals surface area contributed by atoms with E-state index in [1.54, 1.807) is 0 Å².